The van der Waals surface area contributed by atoms with Crippen molar-refractivity contribution >= 4 is 23.4 Å². The number of carbonyl (C=O) groups excluding carboxylic acids is 1. The van der Waals surface area contributed by atoms with Crippen LogP contribution in [0.15, 0.2) is 30.3 Å². The van der Waals surface area contributed by atoms with Crippen molar-refractivity contribution in [1.29, 1.82) is 0 Å². The summed E-state index contributed by atoms with van der Waals surface area (Å²) in [6.07, 6.45) is -0.557. The number of hydrogen-bond donors (Lipinski definition) is 2. The fourth-order valence-electron chi connectivity index (χ4n) is 1.15. The molecule has 1 rings (SSSR count). The molecule has 0 aromatic heterocycles. The van der Waals surface area contributed by atoms with Crippen LogP contribution in [0.3, 0.4) is 0 Å². The molecule has 0 spiro atoms. The quantitative estimate of drug-likeness (QED) is 0.628. The Bertz CT molecular complexity index is 384. The van der Waals surface area contributed by atoms with Crippen LogP contribution in [0.4, 0.5) is 4.79 Å². The summed E-state index contributed by atoms with van der Waals surface area (Å²) in [6.45, 7) is 2.99. The van der Waals surface area contributed by atoms with Gasteiger partial charge in [-0.1, -0.05) is 18.2 Å². The predicted molar refractivity (Wildman–Crippen MR) is 72.7 cm³/mol. The Balaban J connectivity index is 2.11. The third-order valence-corrected chi connectivity index (χ3v) is 2.14. The summed E-state index contributed by atoms with van der Waals surface area (Å²) in [5, 5.41) is 5.45. The SMILES string of the molecule is CCOC(=O)NC(=S)NCCOc1ccccc1. The molecule has 0 radical (unpaired) electrons. The third kappa shape index (κ3) is 6.05. The van der Waals surface area contributed by atoms with Crippen LogP contribution in [0.1, 0.15) is 6.92 Å². The molecule has 0 saturated carbocycles. The maximum atomic E-state index is 11.0. The molecule has 5 nitrogen and oxygen atoms in total. The van der Waals surface area contributed by atoms with Gasteiger partial charge in [-0.15, -0.1) is 0 Å². The number of benzene rings is 1. The highest BCUT2D eigenvalue weighted by molar-refractivity contribution is 7.80. The van der Waals surface area contributed by atoms with Crippen LogP contribution in [0.2, 0.25) is 0 Å². The molecule has 0 fully saturated rings. The van der Waals surface area contributed by atoms with E-state index in [4.69, 9.17) is 17.0 Å². The molecule has 0 bridgehead atoms. The summed E-state index contributed by atoms with van der Waals surface area (Å²) < 4.78 is 10.1. The Kier molecular flexibility index (Phi) is 6.56. The topological polar surface area (TPSA) is 59.6 Å². The van der Waals surface area contributed by atoms with E-state index in [-0.39, 0.29) is 5.11 Å². The molecule has 2 N–H and O–H groups in total. The molecule has 0 aliphatic carbocycles. The summed E-state index contributed by atoms with van der Waals surface area (Å²) in [6, 6.07) is 9.46. The second kappa shape index (κ2) is 8.30. The van der Waals surface area contributed by atoms with Crippen LogP contribution < -0.4 is 15.4 Å². The Labute approximate surface area is 111 Å². The molecule has 0 unspecified atom stereocenters. The Morgan fingerprint density at radius 2 is 2.06 bits per heavy atom. The summed E-state index contributed by atoms with van der Waals surface area (Å²) >= 11 is 4.90. The molecule has 1 aromatic carbocycles. The van der Waals surface area contributed by atoms with E-state index in [1.54, 1.807) is 6.92 Å². The highest BCUT2D eigenvalue weighted by atomic mass is 32.1. The Morgan fingerprint density at radius 1 is 1.33 bits per heavy atom. The molecule has 0 aliphatic rings. The summed E-state index contributed by atoms with van der Waals surface area (Å²) in [7, 11) is 0. The number of amides is 1. The van der Waals surface area contributed by atoms with Crippen molar-refractivity contribution in [1.82, 2.24) is 10.6 Å². The highest BCUT2D eigenvalue weighted by Crippen LogP contribution is 2.07. The van der Waals surface area contributed by atoms with Gasteiger partial charge in [0.2, 0.25) is 0 Å². The second-order valence-electron chi connectivity index (χ2n) is 3.26. The summed E-state index contributed by atoms with van der Waals surface area (Å²) in [4.78, 5) is 11.0. The predicted octanol–water partition coefficient (Wildman–Crippen LogP) is 1.69. The molecule has 1 amide bonds. The zero-order valence-corrected chi connectivity index (χ0v) is 11.0. The van der Waals surface area contributed by atoms with Crippen molar-refractivity contribution < 1.29 is 14.3 Å². The monoisotopic (exact) mass is 268 g/mol. The largest absolute Gasteiger partial charge is 0.492 e. The lowest BCUT2D eigenvalue weighted by atomic mass is 10.3. The maximum absolute atomic E-state index is 11.0. The van der Waals surface area contributed by atoms with E-state index in [1.807, 2.05) is 30.3 Å². The van der Waals surface area contributed by atoms with Crippen molar-refractivity contribution in [3.8, 4) is 5.75 Å². The van der Waals surface area contributed by atoms with Crippen LogP contribution in [0.25, 0.3) is 0 Å². The molecule has 6 heteroatoms. The normalized spacial score (nSPS) is 9.39. The van der Waals surface area contributed by atoms with Crippen LogP contribution >= 0.6 is 12.2 Å². The van der Waals surface area contributed by atoms with Gasteiger partial charge in [-0.05, 0) is 31.3 Å². The van der Waals surface area contributed by atoms with Crippen LogP contribution in [-0.2, 0) is 4.74 Å². The Hall–Kier alpha value is -1.82. The van der Waals surface area contributed by atoms with Gasteiger partial charge in [-0.2, -0.15) is 0 Å². The molecule has 98 valence electrons. The lowest BCUT2D eigenvalue weighted by Crippen LogP contribution is -2.41. The zero-order valence-electron chi connectivity index (χ0n) is 10.1. The first-order valence-corrected chi connectivity index (χ1v) is 6.02. The van der Waals surface area contributed by atoms with Gasteiger partial charge in [0.15, 0.2) is 5.11 Å². The number of ether oxygens (including phenoxy) is 2. The van der Waals surface area contributed by atoms with E-state index in [2.05, 4.69) is 15.4 Å². The summed E-state index contributed by atoms with van der Waals surface area (Å²) in [5.74, 6) is 0.795. The number of rotatable bonds is 5. The smallest absolute Gasteiger partial charge is 0.413 e. The minimum Gasteiger partial charge on any atom is -0.492 e. The average molecular weight is 268 g/mol. The first kappa shape index (κ1) is 14.2. The molecule has 0 aliphatic heterocycles. The van der Waals surface area contributed by atoms with E-state index in [1.165, 1.54) is 0 Å². The molecular weight excluding hydrogens is 252 g/mol. The summed E-state index contributed by atoms with van der Waals surface area (Å²) in [5.41, 5.74) is 0. The number of alkyl carbamates (subject to hydrolysis) is 1. The van der Waals surface area contributed by atoms with Crippen molar-refractivity contribution in [3.63, 3.8) is 0 Å². The van der Waals surface area contributed by atoms with Crippen molar-refractivity contribution in [2.75, 3.05) is 19.8 Å². The molecular formula is C12H16N2O3S. The lowest BCUT2D eigenvalue weighted by Gasteiger charge is -2.10. The van der Waals surface area contributed by atoms with Gasteiger partial charge in [-0.3, -0.25) is 5.32 Å². The fraction of sp³-hybridized carbons (Fsp3) is 0.333. The van der Waals surface area contributed by atoms with E-state index < -0.39 is 6.09 Å². The van der Waals surface area contributed by atoms with Crippen LogP contribution in [0.5, 0.6) is 5.75 Å². The van der Waals surface area contributed by atoms with Crippen molar-refractivity contribution in [2.24, 2.45) is 0 Å². The van der Waals surface area contributed by atoms with E-state index in [0.29, 0.717) is 19.8 Å². The van der Waals surface area contributed by atoms with Crippen LogP contribution in [0, 0.1) is 0 Å². The molecule has 1 aromatic rings. The van der Waals surface area contributed by atoms with Gasteiger partial charge in [0.05, 0.1) is 13.2 Å². The standard InChI is InChI=1S/C12H16N2O3S/c1-2-16-12(15)14-11(18)13-8-9-17-10-6-4-3-5-7-10/h3-7H,2,8-9H2,1H3,(H2,13,14,15,18). The molecule has 0 heterocycles. The Morgan fingerprint density at radius 3 is 2.72 bits per heavy atom. The number of carbonyl (C=O) groups is 1. The van der Waals surface area contributed by atoms with Gasteiger partial charge >= 0.3 is 6.09 Å². The first-order chi connectivity index (χ1) is 8.72. The minimum atomic E-state index is -0.557. The molecule has 18 heavy (non-hydrogen) atoms. The number of thiocarbonyl (C=S) groups is 1. The van der Waals surface area contributed by atoms with Crippen LogP contribution in [-0.4, -0.2) is 31.0 Å². The first-order valence-electron chi connectivity index (χ1n) is 5.62. The fourth-order valence-corrected chi connectivity index (χ4v) is 1.34. The van der Waals surface area contributed by atoms with Gasteiger partial charge in [-0.25, -0.2) is 4.79 Å². The average Bonchev–Trinajstić information content (AvgIpc) is 2.36. The lowest BCUT2D eigenvalue weighted by molar-refractivity contribution is 0.157. The maximum Gasteiger partial charge on any atom is 0.413 e. The van der Waals surface area contributed by atoms with E-state index in [9.17, 15) is 4.79 Å². The van der Waals surface area contributed by atoms with E-state index >= 15 is 0 Å². The minimum absolute atomic E-state index is 0.227. The van der Waals surface area contributed by atoms with Gasteiger partial charge in [0.25, 0.3) is 0 Å². The van der Waals surface area contributed by atoms with Crippen molar-refractivity contribution in [3.05, 3.63) is 30.3 Å². The van der Waals surface area contributed by atoms with Gasteiger partial charge < -0.3 is 14.8 Å². The zero-order chi connectivity index (χ0) is 13.2. The number of nitrogens with one attached hydrogen (secondary N) is 2. The van der Waals surface area contributed by atoms with Gasteiger partial charge in [0.1, 0.15) is 12.4 Å². The molecule has 0 atom stereocenters. The number of hydrogen-bond acceptors (Lipinski definition) is 4. The van der Waals surface area contributed by atoms with E-state index in [0.717, 1.165) is 5.75 Å². The molecule has 0 saturated heterocycles. The highest BCUT2D eigenvalue weighted by Gasteiger charge is 2.03. The third-order valence-electron chi connectivity index (χ3n) is 1.89. The van der Waals surface area contributed by atoms with Gasteiger partial charge in [0, 0.05) is 0 Å². The number of para-hydroxylation sites is 1. The van der Waals surface area contributed by atoms with Crippen molar-refractivity contribution in [2.45, 2.75) is 6.92 Å². The second-order valence-corrected chi connectivity index (χ2v) is 3.67.